The number of para-hydroxylation sites is 2. The van der Waals surface area contributed by atoms with Crippen LogP contribution in [0.15, 0.2) is 71.3 Å². The summed E-state index contributed by atoms with van der Waals surface area (Å²) < 4.78 is 51.9. The van der Waals surface area contributed by atoms with Gasteiger partial charge in [-0.1, -0.05) is 12.1 Å². The molecule has 3 rings (SSSR count). The monoisotopic (exact) mass is 405 g/mol. The summed E-state index contributed by atoms with van der Waals surface area (Å²) in [4.78, 5) is 24.2. The van der Waals surface area contributed by atoms with Gasteiger partial charge in [-0.15, -0.1) is 0 Å². The molecule has 0 aliphatic heterocycles. The van der Waals surface area contributed by atoms with E-state index in [0.717, 1.165) is 0 Å². The molecule has 1 N–H and O–H groups in total. The van der Waals surface area contributed by atoms with Crippen LogP contribution in [-0.4, -0.2) is 24.7 Å². The number of ether oxygens (including phenoxy) is 2. The summed E-state index contributed by atoms with van der Waals surface area (Å²) in [6.07, 6.45) is -3.16. The van der Waals surface area contributed by atoms with Gasteiger partial charge < -0.3 is 19.2 Å². The minimum atomic E-state index is -4.52. The van der Waals surface area contributed by atoms with Gasteiger partial charge in [-0.25, -0.2) is 4.79 Å². The fraction of sp³-hybridized carbons (Fsp3) is 0.100. The second-order valence-electron chi connectivity index (χ2n) is 5.75. The number of carbonyl (C=O) groups excluding carboxylic acids is 2. The number of furan rings is 1. The summed E-state index contributed by atoms with van der Waals surface area (Å²) in [5, 5.41) is 2.59. The molecule has 0 aliphatic carbocycles. The standard InChI is InChI=1S/C20H14F3NO5/c21-20(22,23)12-28-15-4-1-2-5-16(15)29-19(26)13-7-9-14(10-8-13)24-18(25)17-6-3-11-27-17/h1-11H,12H2,(H,24,25). The molecule has 9 heteroatoms. The third-order valence-electron chi connectivity index (χ3n) is 3.57. The maximum absolute atomic E-state index is 12.4. The number of benzene rings is 2. The predicted octanol–water partition coefficient (Wildman–Crippen LogP) is 4.69. The highest BCUT2D eigenvalue weighted by Gasteiger charge is 2.29. The molecular weight excluding hydrogens is 391 g/mol. The first kappa shape index (κ1) is 20.0. The number of hydrogen-bond donors (Lipinski definition) is 1. The van der Waals surface area contributed by atoms with Crippen LogP contribution in [0.4, 0.5) is 18.9 Å². The van der Waals surface area contributed by atoms with Gasteiger partial charge >= 0.3 is 12.1 Å². The van der Waals surface area contributed by atoms with Crippen LogP contribution in [0.2, 0.25) is 0 Å². The van der Waals surface area contributed by atoms with Crippen LogP contribution >= 0.6 is 0 Å². The highest BCUT2D eigenvalue weighted by molar-refractivity contribution is 6.02. The lowest BCUT2D eigenvalue weighted by molar-refractivity contribution is -0.153. The van der Waals surface area contributed by atoms with Crippen LogP contribution in [0.1, 0.15) is 20.9 Å². The average molecular weight is 405 g/mol. The van der Waals surface area contributed by atoms with Crippen molar-refractivity contribution in [1.82, 2.24) is 0 Å². The number of halogens is 3. The Morgan fingerprint density at radius 2 is 1.62 bits per heavy atom. The van der Waals surface area contributed by atoms with Crippen LogP contribution in [0.5, 0.6) is 11.5 Å². The van der Waals surface area contributed by atoms with Crippen molar-refractivity contribution in [2.75, 3.05) is 11.9 Å². The Labute approximate surface area is 162 Å². The van der Waals surface area contributed by atoms with Crippen LogP contribution in [0.3, 0.4) is 0 Å². The fourth-order valence-electron chi connectivity index (χ4n) is 2.26. The maximum atomic E-state index is 12.4. The third-order valence-corrected chi connectivity index (χ3v) is 3.57. The van der Waals surface area contributed by atoms with Crippen molar-refractivity contribution in [1.29, 1.82) is 0 Å². The van der Waals surface area contributed by atoms with Crippen LogP contribution in [0.25, 0.3) is 0 Å². The average Bonchev–Trinajstić information content (AvgIpc) is 3.22. The van der Waals surface area contributed by atoms with Gasteiger partial charge in [0.1, 0.15) is 0 Å². The van der Waals surface area contributed by atoms with E-state index in [-0.39, 0.29) is 22.8 Å². The van der Waals surface area contributed by atoms with E-state index >= 15 is 0 Å². The van der Waals surface area contributed by atoms with Crippen molar-refractivity contribution in [3.63, 3.8) is 0 Å². The van der Waals surface area contributed by atoms with E-state index in [9.17, 15) is 22.8 Å². The van der Waals surface area contributed by atoms with Crippen molar-refractivity contribution >= 4 is 17.6 Å². The summed E-state index contributed by atoms with van der Waals surface area (Å²) in [6.45, 7) is -1.51. The fourth-order valence-corrected chi connectivity index (χ4v) is 2.26. The summed E-state index contributed by atoms with van der Waals surface area (Å²) >= 11 is 0. The number of esters is 1. The largest absolute Gasteiger partial charge is 0.480 e. The zero-order valence-corrected chi connectivity index (χ0v) is 14.7. The van der Waals surface area contributed by atoms with Gasteiger partial charge in [0, 0.05) is 5.69 Å². The lowest BCUT2D eigenvalue weighted by Crippen LogP contribution is -2.20. The van der Waals surface area contributed by atoms with Gasteiger partial charge in [-0.2, -0.15) is 13.2 Å². The Morgan fingerprint density at radius 1 is 0.931 bits per heavy atom. The number of nitrogens with one attached hydrogen (secondary N) is 1. The van der Waals surface area contributed by atoms with Gasteiger partial charge in [0.2, 0.25) is 0 Å². The molecule has 1 heterocycles. The van der Waals surface area contributed by atoms with Crippen molar-refractivity contribution in [2.45, 2.75) is 6.18 Å². The molecule has 0 saturated carbocycles. The summed E-state index contributed by atoms with van der Waals surface area (Å²) in [5.41, 5.74) is 0.545. The molecular formula is C20H14F3NO5. The Balaban J connectivity index is 1.65. The number of hydrogen-bond acceptors (Lipinski definition) is 5. The first-order chi connectivity index (χ1) is 13.8. The van der Waals surface area contributed by atoms with Gasteiger partial charge in [0.05, 0.1) is 11.8 Å². The van der Waals surface area contributed by atoms with Crippen LogP contribution < -0.4 is 14.8 Å². The van der Waals surface area contributed by atoms with Gasteiger partial charge in [-0.3, -0.25) is 4.79 Å². The smallest absolute Gasteiger partial charge is 0.422 e. The van der Waals surface area contributed by atoms with Crippen molar-refractivity contribution < 1.29 is 36.7 Å². The quantitative estimate of drug-likeness (QED) is 0.476. The molecule has 0 radical (unpaired) electrons. The molecule has 0 atom stereocenters. The highest BCUT2D eigenvalue weighted by atomic mass is 19.4. The van der Waals surface area contributed by atoms with E-state index < -0.39 is 24.7 Å². The van der Waals surface area contributed by atoms with Gasteiger partial charge in [0.25, 0.3) is 5.91 Å². The summed E-state index contributed by atoms with van der Waals surface area (Å²) in [7, 11) is 0. The molecule has 150 valence electrons. The van der Waals surface area contributed by atoms with E-state index in [0.29, 0.717) is 5.69 Å². The predicted molar refractivity (Wildman–Crippen MR) is 96.1 cm³/mol. The molecule has 6 nitrogen and oxygen atoms in total. The molecule has 0 saturated heterocycles. The Hall–Kier alpha value is -3.75. The number of amides is 1. The second kappa shape index (κ2) is 8.51. The Morgan fingerprint density at radius 3 is 2.24 bits per heavy atom. The lowest BCUT2D eigenvalue weighted by Gasteiger charge is -2.13. The van der Waals surface area contributed by atoms with E-state index in [4.69, 9.17) is 9.15 Å². The minimum Gasteiger partial charge on any atom is -0.480 e. The van der Waals surface area contributed by atoms with E-state index in [2.05, 4.69) is 10.1 Å². The first-order valence-electron chi connectivity index (χ1n) is 8.27. The molecule has 0 unspecified atom stereocenters. The topological polar surface area (TPSA) is 77.8 Å². The van der Waals surface area contributed by atoms with Gasteiger partial charge in [-0.05, 0) is 48.5 Å². The first-order valence-corrected chi connectivity index (χ1v) is 8.27. The minimum absolute atomic E-state index is 0.129. The van der Waals surface area contributed by atoms with E-state index in [1.54, 1.807) is 6.07 Å². The SMILES string of the molecule is O=C(Oc1ccccc1OCC(F)(F)F)c1ccc(NC(=O)c2ccco2)cc1. The van der Waals surface area contributed by atoms with Crippen molar-refractivity contribution in [3.05, 3.63) is 78.3 Å². The second-order valence-corrected chi connectivity index (χ2v) is 5.75. The molecule has 2 aromatic carbocycles. The highest BCUT2D eigenvalue weighted by Crippen LogP contribution is 2.29. The number of anilines is 1. The molecule has 0 bridgehead atoms. The Bertz CT molecular complexity index is 982. The normalized spacial score (nSPS) is 11.0. The molecule has 0 aliphatic rings. The van der Waals surface area contributed by atoms with Crippen LogP contribution in [0, 0.1) is 0 Å². The molecule has 0 spiro atoms. The maximum Gasteiger partial charge on any atom is 0.422 e. The van der Waals surface area contributed by atoms with Gasteiger partial charge in [0.15, 0.2) is 23.9 Å². The molecule has 1 amide bonds. The van der Waals surface area contributed by atoms with E-state index in [1.165, 1.54) is 60.9 Å². The van der Waals surface area contributed by atoms with Crippen molar-refractivity contribution in [3.8, 4) is 11.5 Å². The molecule has 3 aromatic rings. The summed E-state index contributed by atoms with van der Waals surface area (Å²) in [6, 6.07) is 14.4. The third kappa shape index (κ3) is 5.61. The molecule has 1 aromatic heterocycles. The van der Waals surface area contributed by atoms with Crippen LogP contribution in [-0.2, 0) is 0 Å². The van der Waals surface area contributed by atoms with E-state index in [1.807, 2.05) is 0 Å². The molecule has 29 heavy (non-hydrogen) atoms. The number of alkyl halides is 3. The zero-order chi connectivity index (χ0) is 20.9. The zero-order valence-electron chi connectivity index (χ0n) is 14.7. The summed E-state index contributed by atoms with van der Waals surface area (Å²) in [5.74, 6) is -1.47. The Kier molecular flexibility index (Phi) is 5.87. The molecule has 0 fully saturated rings. The number of rotatable bonds is 6. The number of carbonyl (C=O) groups is 2. The lowest BCUT2D eigenvalue weighted by atomic mass is 10.2. The van der Waals surface area contributed by atoms with Crippen molar-refractivity contribution in [2.24, 2.45) is 0 Å².